The third-order valence-corrected chi connectivity index (χ3v) is 4.41. The van der Waals surface area contributed by atoms with E-state index in [1.165, 1.54) is 11.1 Å². The molecule has 1 aromatic carbocycles. The largest absolute Gasteiger partial charge is 0.367 e. The number of rotatable bonds is 6. The Hall–Kier alpha value is -2.38. The molecule has 0 radical (unpaired) electrons. The summed E-state index contributed by atoms with van der Waals surface area (Å²) in [6, 6.07) is 14.9. The minimum absolute atomic E-state index is 0.334. The van der Waals surface area contributed by atoms with Crippen LogP contribution in [0.15, 0.2) is 48.8 Å². The maximum absolute atomic E-state index is 9.29. The normalized spacial score (nSPS) is 15.7. The molecule has 0 aliphatic heterocycles. The van der Waals surface area contributed by atoms with E-state index in [0.717, 1.165) is 38.0 Å². The van der Waals surface area contributed by atoms with Gasteiger partial charge in [-0.15, -0.1) is 0 Å². The Labute approximate surface area is 137 Å². The van der Waals surface area contributed by atoms with Crippen LogP contribution in [0.2, 0.25) is 0 Å². The van der Waals surface area contributed by atoms with Crippen LogP contribution in [0, 0.1) is 11.3 Å². The first-order valence-corrected chi connectivity index (χ1v) is 8.05. The van der Waals surface area contributed by atoms with Gasteiger partial charge in [-0.3, -0.25) is 9.88 Å². The molecule has 1 saturated carbocycles. The molecule has 0 unspecified atom stereocenters. The highest BCUT2D eigenvalue weighted by molar-refractivity contribution is 5.49. The molecule has 3 rings (SSSR count). The van der Waals surface area contributed by atoms with Crippen LogP contribution in [0.5, 0.6) is 0 Å². The summed E-state index contributed by atoms with van der Waals surface area (Å²) < 4.78 is 0. The van der Waals surface area contributed by atoms with Gasteiger partial charge in [0, 0.05) is 31.2 Å². The minimum Gasteiger partial charge on any atom is -0.367 e. The van der Waals surface area contributed by atoms with Crippen molar-refractivity contribution in [2.24, 2.45) is 0 Å². The van der Waals surface area contributed by atoms with E-state index in [2.05, 4.69) is 52.6 Å². The van der Waals surface area contributed by atoms with E-state index in [1.54, 1.807) is 0 Å². The lowest BCUT2D eigenvalue weighted by molar-refractivity contribution is 0.319. The van der Waals surface area contributed by atoms with E-state index in [0.29, 0.717) is 0 Å². The van der Waals surface area contributed by atoms with Crippen molar-refractivity contribution in [3.8, 4) is 6.07 Å². The molecule has 1 fully saturated rings. The summed E-state index contributed by atoms with van der Waals surface area (Å²) in [6.45, 7) is 1.80. The second-order valence-corrected chi connectivity index (χ2v) is 6.40. The molecule has 2 aromatic rings. The molecule has 4 heteroatoms. The molecular weight excluding hydrogens is 284 g/mol. The summed E-state index contributed by atoms with van der Waals surface area (Å²) in [7, 11) is 2.12. The lowest BCUT2D eigenvalue weighted by atomic mass is 9.78. The van der Waals surface area contributed by atoms with Gasteiger partial charge < -0.3 is 5.32 Å². The van der Waals surface area contributed by atoms with Crippen molar-refractivity contribution in [3.63, 3.8) is 0 Å². The number of nitrogens with one attached hydrogen (secondary N) is 1. The van der Waals surface area contributed by atoms with E-state index >= 15 is 0 Å². The number of hydrogen-bond donors (Lipinski definition) is 1. The lowest BCUT2D eigenvalue weighted by Crippen LogP contribution is -2.43. The summed E-state index contributed by atoms with van der Waals surface area (Å²) in [6.07, 6.45) is 6.68. The Morgan fingerprint density at radius 1 is 1.09 bits per heavy atom. The summed E-state index contributed by atoms with van der Waals surface area (Å²) in [4.78, 5) is 6.32. The summed E-state index contributed by atoms with van der Waals surface area (Å²) in [5.74, 6) is 0. The van der Waals surface area contributed by atoms with E-state index < -0.39 is 0 Å². The Kier molecular flexibility index (Phi) is 4.59. The van der Waals surface area contributed by atoms with Crippen LogP contribution in [0.3, 0.4) is 0 Å². The SMILES string of the molecule is CN(Cc1ccncc1)Cc1ccc(NC2(C#N)CCC2)cc1. The first kappa shape index (κ1) is 15.5. The van der Waals surface area contributed by atoms with Crippen molar-refractivity contribution in [2.45, 2.75) is 37.9 Å². The van der Waals surface area contributed by atoms with Crippen LogP contribution in [0.4, 0.5) is 5.69 Å². The third kappa shape index (κ3) is 3.88. The average molecular weight is 306 g/mol. The van der Waals surface area contributed by atoms with Gasteiger partial charge in [-0.05, 0) is 61.7 Å². The van der Waals surface area contributed by atoms with E-state index in [9.17, 15) is 5.26 Å². The molecule has 0 amide bonds. The average Bonchev–Trinajstić information content (AvgIpc) is 2.53. The molecule has 1 heterocycles. The number of aromatic nitrogens is 1. The Morgan fingerprint density at radius 2 is 1.70 bits per heavy atom. The second kappa shape index (κ2) is 6.80. The summed E-state index contributed by atoms with van der Waals surface area (Å²) in [5.41, 5.74) is 3.24. The van der Waals surface area contributed by atoms with Crippen LogP contribution in [0.25, 0.3) is 0 Å². The van der Waals surface area contributed by atoms with Crippen molar-refractivity contribution in [1.82, 2.24) is 9.88 Å². The topological polar surface area (TPSA) is 52.0 Å². The number of hydrogen-bond acceptors (Lipinski definition) is 4. The standard InChI is InChI=1S/C19H22N4/c1-23(14-17-7-11-21-12-8-17)13-16-3-5-18(6-4-16)22-19(15-20)9-2-10-19/h3-8,11-12,22H,2,9-10,13-14H2,1H3. The summed E-state index contributed by atoms with van der Waals surface area (Å²) >= 11 is 0. The monoisotopic (exact) mass is 306 g/mol. The molecule has 0 spiro atoms. The van der Waals surface area contributed by atoms with Crippen molar-refractivity contribution in [1.29, 1.82) is 5.26 Å². The molecule has 4 nitrogen and oxygen atoms in total. The van der Waals surface area contributed by atoms with Crippen molar-refractivity contribution in [3.05, 3.63) is 59.9 Å². The highest BCUT2D eigenvalue weighted by Gasteiger charge is 2.36. The molecule has 0 bridgehead atoms. The van der Waals surface area contributed by atoms with Gasteiger partial charge in [0.25, 0.3) is 0 Å². The molecule has 118 valence electrons. The number of benzene rings is 1. The smallest absolute Gasteiger partial charge is 0.125 e. The van der Waals surface area contributed by atoms with Gasteiger partial charge in [0.15, 0.2) is 0 Å². The fourth-order valence-electron chi connectivity index (χ4n) is 2.93. The van der Waals surface area contributed by atoms with Crippen LogP contribution in [-0.2, 0) is 13.1 Å². The van der Waals surface area contributed by atoms with Crippen LogP contribution < -0.4 is 5.32 Å². The third-order valence-electron chi connectivity index (χ3n) is 4.41. The highest BCUT2D eigenvalue weighted by atomic mass is 15.1. The van der Waals surface area contributed by atoms with E-state index in [-0.39, 0.29) is 5.54 Å². The van der Waals surface area contributed by atoms with Crippen LogP contribution in [0.1, 0.15) is 30.4 Å². The van der Waals surface area contributed by atoms with Crippen LogP contribution in [-0.4, -0.2) is 22.5 Å². The van der Waals surface area contributed by atoms with E-state index in [4.69, 9.17) is 0 Å². The fraction of sp³-hybridized carbons (Fsp3) is 0.368. The summed E-state index contributed by atoms with van der Waals surface area (Å²) in [5, 5.41) is 12.7. The van der Waals surface area contributed by atoms with Gasteiger partial charge in [0.1, 0.15) is 5.54 Å². The van der Waals surface area contributed by atoms with Crippen molar-refractivity contribution in [2.75, 3.05) is 12.4 Å². The molecular formula is C19H22N4. The zero-order valence-corrected chi connectivity index (χ0v) is 13.5. The quantitative estimate of drug-likeness (QED) is 0.886. The number of nitrogens with zero attached hydrogens (tertiary/aromatic N) is 3. The zero-order valence-electron chi connectivity index (χ0n) is 13.5. The molecule has 1 aromatic heterocycles. The molecule has 23 heavy (non-hydrogen) atoms. The number of nitriles is 1. The molecule has 0 saturated heterocycles. The van der Waals surface area contributed by atoms with Crippen molar-refractivity contribution >= 4 is 5.69 Å². The predicted molar refractivity (Wildman–Crippen MR) is 91.7 cm³/mol. The second-order valence-electron chi connectivity index (χ2n) is 6.40. The zero-order chi connectivity index (χ0) is 16.1. The molecule has 1 aliphatic rings. The predicted octanol–water partition coefficient (Wildman–Crippen LogP) is 3.57. The van der Waals surface area contributed by atoms with E-state index in [1.807, 2.05) is 24.5 Å². The molecule has 0 atom stereocenters. The van der Waals surface area contributed by atoms with Gasteiger partial charge in [-0.1, -0.05) is 12.1 Å². The van der Waals surface area contributed by atoms with Crippen LogP contribution >= 0.6 is 0 Å². The highest BCUT2D eigenvalue weighted by Crippen LogP contribution is 2.34. The lowest BCUT2D eigenvalue weighted by Gasteiger charge is -2.36. The molecule has 1 N–H and O–H groups in total. The van der Waals surface area contributed by atoms with Gasteiger partial charge in [0.05, 0.1) is 6.07 Å². The minimum atomic E-state index is -0.334. The van der Waals surface area contributed by atoms with Gasteiger partial charge in [-0.2, -0.15) is 5.26 Å². The fourth-order valence-corrected chi connectivity index (χ4v) is 2.93. The first-order valence-electron chi connectivity index (χ1n) is 8.05. The van der Waals surface area contributed by atoms with Crippen molar-refractivity contribution < 1.29 is 0 Å². The Morgan fingerprint density at radius 3 is 2.22 bits per heavy atom. The number of pyridine rings is 1. The van der Waals surface area contributed by atoms with Gasteiger partial charge in [0.2, 0.25) is 0 Å². The Balaban J connectivity index is 1.56. The van der Waals surface area contributed by atoms with Gasteiger partial charge >= 0.3 is 0 Å². The van der Waals surface area contributed by atoms with Gasteiger partial charge in [-0.25, -0.2) is 0 Å². The maximum atomic E-state index is 9.29. The Bertz CT molecular complexity index is 669. The maximum Gasteiger partial charge on any atom is 0.125 e. The first-order chi connectivity index (χ1) is 11.2. The number of anilines is 1. The molecule has 1 aliphatic carbocycles.